The first-order chi connectivity index (χ1) is 9.04. The Morgan fingerprint density at radius 1 is 1.15 bits per heavy atom. The summed E-state index contributed by atoms with van der Waals surface area (Å²) in [5.74, 6) is 0.453. The second kappa shape index (κ2) is 7.64. The summed E-state index contributed by atoms with van der Waals surface area (Å²) in [6, 6.07) is 10.4. The summed E-state index contributed by atoms with van der Waals surface area (Å²) in [5, 5.41) is 3.12. The van der Waals surface area contributed by atoms with E-state index in [0.29, 0.717) is 12.5 Å². The molecule has 2 aromatic rings. The molecule has 2 rings (SSSR count). The fraction of sp³-hybridized carbons (Fsp3) is 0.267. The van der Waals surface area contributed by atoms with Gasteiger partial charge in [-0.3, -0.25) is 0 Å². The summed E-state index contributed by atoms with van der Waals surface area (Å²) in [5.41, 5.74) is 9.39. The number of rotatable bonds is 3. The maximum Gasteiger partial charge on any atom is 0.193 e. The first-order valence-corrected chi connectivity index (χ1v) is 7.06. The molecule has 0 unspecified atom stereocenters. The molecule has 3 nitrogen and oxygen atoms in total. The molecule has 1 heterocycles. The number of hydrogen-bond donors (Lipinski definition) is 2. The molecule has 0 saturated carbocycles. The largest absolute Gasteiger partial charge is 0.370 e. The van der Waals surface area contributed by atoms with Crippen LogP contribution in [0, 0.1) is 20.8 Å². The summed E-state index contributed by atoms with van der Waals surface area (Å²) in [6.45, 7) is 6.90. The molecule has 0 aliphatic rings. The van der Waals surface area contributed by atoms with Crippen molar-refractivity contribution in [1.82, 2.24) is 0 Å². The number of anilines is 1. The van der Waals surface area contributed by atoms with Crippen LogP contribution in [0.5, 0.6) is 0 Å². The van der Waals surface area contributed by atoms with Gasteiger partial charge in [0.05, 0.1) is 6.54 Å². The minimum absolute atomic E-state index is 0. The molecule has 0 spiro atoms. The number of nitrogens with zero attached hydrogens (tertiary/aromatic N) is 1. The molecule has 20 heavy (non-hydrogen) atoms. The van der Waals surface area contributed by atoms with Gasteiger partial charge in [0, 0.05) is 15.4 Å². The molecule has 0 radical (unpaired) electrons. The smallest absolute Gasteiger partial charge is 0.193 e. The van der Waals surface area contributed by atoms with Gasteiger partial charge < -0.3 is 11.1 Å². The van der Waals surface area contributed by atoms with Crippen LogP contribution in [0.1, 0.15) is 20.9 Å². The standard InChI is InChI=1S/C15H19N3S.HI/c1-10-4-6-13(8-11(10)2)18-15(16)17-9-14-7-5-12(3)19-14;/h4-8H,9H2,1-3H3,(H3,16,17,18);1H. The Balaban J connectivity index is 0.00000200. The van der Waals surface area contributed by atoms with Crippen LogP contribution in [0.4, 0.5) is 5.69 Å². The fourth-order valence-electron chi connectivity index (χ4n) is 1.74. The quantitative estimate of drug-likeness (QED) is 0.460. The normalized spacial score (nSPS) is 11.1. The van der Waals surface area contributed by atoms with Crippen molar-refractivity contribution in [2.75, 3.05) is 5.32 Å². The van der Waals surface area contributed by atoms with Crippen LogP contribution in [-0.4, -0.2) is 5.96 Å². The molecule has 0 amide bonds. The molecule has 0 fully saturated rings. The van der Waals surface area contributed by atoms with Crippen molar-refractivity contribution >= 4 is 47.0 Å². The van der Waals surface area contributed by atoms with E-state index in [1.807, 2.05) is 6.07 Å². The van der Waals surface area contributed by atoms with Gasteiger partial charge >= 0.3 is 0 Å². The van der Waals surface area contributed by atoms with Crippen LogP contribution in [0.2, 0.25) is 0 Å². The number of thiophene rings is 1. The van der Waals surface area contributed by atoms with E-state index in [1.165, 1.54) is 20.9 Å². The Kier molecular flexibility index (Phi) is 6.48. The van der Waals surface area contributed by atoms with Gasteiger partial charge in [-0.2, -0.15) is 0 Å². The Bertz CT molecular complexity index is 605. The zero-order valence-electron chi connectivity index (χ0n) is 11.9. The third-order valence-electron chi connectivity index (χ3n) is 2.98. The lowest BCUT2D eigenvalue weighted by molar-refractivity contribution is 1.09. The van der Waals surface area contributed by atoms with E-state index in [1.54, 1.807) is 11.3 Å². The van der Waals surface area contributed by atoms with E-state index >= 15 is 0 Å². The van der Waals surface area contributed by atoms with Crippen LogP contribution in [0.25, 0.3) is 0 Å². The first-order valence-electron chi connectivity index (χ1n) is 6.24. The monoisotopic (exact) mass is 401 g/mol. The molecule has 3 N–H and O–H groups in total. The van der Waals surface area contributed by atoms with Gasteiger partial charge in [0.2, 0.25) is 0 Å². The number of nitrogens with two attached hydrogens (primary N) is 1. The molecule has 0 aliphatic heterocycles. The number of aliphatic imine (C=N–C) groups is 1. The number of hydrogen-bond acceptors (Lipinski definition) is 2. The molecule has 1 aromatic carbocycles. The maximum atomic E-state index is 5.89. The SMILES string of the molecule is Cc1ccc(CN=C(N)Nc2ccc(C)c(C)c2)s1.I. The lowest BCUT2D eigenvalue weighted by Crippen LogP contribution is -2.22. The third-order valence-corrected chi connectivity index (χ3v) is 3.97. The van der Waals surface area contributed by atoms with Gasteiger partial charge in [-0.25, -0.2) is 4.99 Å². The van der Waals surface area contributed by atoms with E-state index in [9.17, 15) is 0 Å². The van der Waals surface area contributed by atoms with Gasteiger partial charge in [-0.1, -0.05) is 6.07 Å². The number of benzene rings is 1. The molecule has 0 aliphatic carbocycles. The van der Waals surface area contributed by atoms with Crippen LogP contribution >= 0.6 is 35.3 Å². The maximum absolute atomic E-state index is 5.89. The Labute approximate surface area is 141 Å². The lowest BCUT2D eigenvalue weighted by Gasteiger charge is -2.07. The highest BCUT2D eigenvalue weighted by Crippen LogP contribution is 2.16. The molecular weight excluding hydrogens is 381 g/mol. The number of guanidine groups is 1. The third kappa shape index (κ3) is 4.79. The molecule has 1 aromatic heterocycles. The molecule has 5 heteroatoms. The van der Waals surface area contributed by atoms with Crippen molar-refractivity contribution in [3.05, 3.63) is 51.2 Å². The highest BCUT2D eigenvalue weighted by atomic mass is 127. The van der Waals surface area contributed by atoms with E-state index in [0.717, 1.165) is 5.69 Å². The number of halogens is 1. The number of nitrogens with one attached hydrogen (secondary N) is 1. The van der Waals surface area contributed by atoms with Gasteiger partial charge in [0.15, 0.2) is 5.96 Å². The van der Waals surface area contributed by atoms with Crippen molar-refractivity contribution in [1.29, 1.82) is 0 Å². The first kappa shape index (κ1) is 17.0. The minimum atomic E-state index is 0. The van der Waals surface area contributed by atoms with Crippen molar-refractivity contribution in [3.63, 3.8) is 0 Å². The molecule has 108 valence electrons. The van der Waals surface area contributed by atoms with Crippen LogP contribution in [0.3, 0.4) is 0 Å². The van der Waals surface area contributed by atoms with Gasteiger partial charge in [0.25, 0.3) is 0 Å². The molecule has 0 saturated heterocycles. The minimum Gasteiger partial charge on any atom is -0.370 e. The second-order valence-electron chi connectivity index (χ2n) is 4.64. The Morgan fingerprint density at radius 3 is 2.50 bits per heavy atom. The van der Waals surface area contributed by atoms with Gasteiger partial charge in [-0.15, -0.1) is 35.3 Å². The summed E-state index contributed by atoms with van der Waals surface area (Å²) in [4.78, 5) is 6.87. The van der Waals surface area contributed by atoms with E-state index in [2.05, 4.69) is 55.3 Å². The molecule has 0 atom stereocenters. The number of aryl methyl sites for hydroxylation is 3. The van der Waals surface area contributed by atoms with Crippen molar-refractivity contribution in [3.8, 4) is 0 Å². The van der Waals surface area contributed by atoms with Crippen LogP contribution < -0.4 is 11.1 Å². The molecular formula is C15H20IN3S. The predicted octanol–water partition coefficient (Wildman–Crippen LogP) is 4.22. The highest BCUT2D eigenvalue weighted by molar-refractivity contribution is 14.0. The van der Waals surface area contributed by atoms with E-state index in [4.69, 9.17) is 5.73 Å². The van der Waals surface area contributed by atoms with Crippen LogP contribution in [0.15, 0.2) is 35.3 Å². The summed E-state index contributed by atoms with van der Waals surface area (Å²) in [6.07, 6.45) is 0. The van der Waals surface area contributed by atoms with E-state index in [-0.39, 0.29) is 24.0 Å². The summed E-state index contributed by atoms with van der Waals surface area (Å²) in [7, 11) is 0. The topological polar surface area (TPSA) is 50.4 Å². The zero-order valence-corrected chi connectivity index (χ0v) is 15.1. The molecule has 0 bridgehead atoms. The summed E-state index contributed by atoms with van der Waals surface area (Å²) >= 11 is 1.75. The average Bonchev–Trinajstić information content (AvgIpc) is 2.77. The van der Waals surface area contributed by atoms with Crippen molar-refractivity contribution in [2.45, 2.75) is 27.3 Å². The van der Waals surface area contributed by atoms with Crippen LogP contribution in [-0.2, 0) is 6.54 Å². The average molecular weight is 401 g/mol. The Hall–Kier alpha value is -1.08. The fourth-order valence-corrected chi connectivity index (χ4v) is 2.55. The Morgan fingerprint density at radius 2 is 1.90 bits per heavy atom. The highest BCUT2D eigenvalue weighted by Gasteiger charge is 1.99. The predicted molar refractivity (Wildman–Crippen MR) is 99.3 cm³/mol. The zero-order chi connectivity index (χ0) is 13.8. The lowest BCUT2D eigenvalue weighted by atomic mass is 10.1. The van der Waals surface area contributed by atoms with Gasteiger partial charge in [0.1, 0.15) is 0 Å². The van der Waals surface area contributed by atoms with Crippen molar-refractivity contribution < 1.29 is 0 Å². The van der Waals surface area contributed by atoms with Gasteiger partial charge in [-0.05, 0) is 56.2 Å². The van der Waals surface area contributed by atoms with E-state index < -0.39 is 0 Å². The van der Waals surface area contributed by atoms with Crippen molar-refractivity contribution in [2.24, 2.45) is 10.7 Å². The second-order valence-corrected chi connectivity index (χ2v) is 6.01. The summed E-state index contributed by atoms with van der Waals surface area (Å²) < 4.78 is 0.